The predicted molar refractivity (Wildman–Crippen MR) is 65.2 cm³/mol. The molecule has 0 saturated carbocycles. The smallest absolute Gasteiger partial charge is 0.330 e. The van der Waals surface area contributed by atoms with Crippen LogP contribution >= 0.6 is 0 Å². The Morgan fingerprint density at radius 3 is 2.38 bits per heavy atom. The lowest BCUT2D eigenvalue weighted by Gasteiger charge is -2.07. The van der Waals surface area contributed by atoms with Crippen LogP contribution in [-0.2, 0) is 9.53 Å². The van der Waals surface area contributed by atoms with E-state index in [0.29, 0.717) is 0 Å². The van der Waals surface area contributed by atoms with Crippen molar-refractivity contribution in [1.82, 2.24) is 0 Å². The van der Waals surface area contributed by atoms with Gasteiger partial charge in [0.25, 0.3) is 0 Å². The SMILES string of the molecule is CC(C)OC(=O)/C=C/C(C)c1ccccc1. The number of benzene rings is 1. The summed E-state index contributed by atoms with van der Waals surface area (Å²) >= 11 is 0. The van der Waals surface area contributed by atoms with Crippen molar-refractivity contribution in [2.45, 2.75) is 32.8 Å². The average molecular weight is 218 g/mol. The van der Waals surface area contributed by atoms with E-state index < -0.39 is 0 Å². The van der Waals surface area contributed by atoms with Gasteiger partial charge in [-0.05, 0) is 25.3 Å². The number of ether oxygens (including phenoxy) is 1. The molecule has 0 bridgehead atoms. The van der Waals surface area contributed by atoms with E-state index in [1.54, 1.807) is 0 Å². The molecular weight excluding hydrogens is 200 g/mol. The zero-order valence-corrected chi connectivity index (χ0v) is 10.0. The van der Waals surface area contributed by atoms with Crippen molar-refractivity contribution in [3.05, 3.63) is 48.0 Å². The van der Waals surface area contributed by atoms with Crippen molar-refractivity contribution in [3.63, 3.8) is 0 Å². The number of carbonyl (C=O) groups excluding carboxylic acids is 1. The van der Waals surface area contributed by atoms with Crippen molar-refractivity contribution in [2.24, 2.45) is 0 Å². The van der Waals surface area contributed by atoms with Gasteiger partial charge >= 0.3 is 5.97 Å². The number of esters is 1. The Bertz CT molecular complexity index is 352. The standard InChI is InChI=1S/C14H18O2/c1-11(2)16-14(15)10-9-12(3)13-7-5-4-6-8-13/h4-12H,1-3H3/b10-9+. The molecule has 0 fully saturated rings. The summed E-state index contributed by atoms with van der Waals surface area (Å²) in [6.07, 6.45) is 3.29. The molecule has 0 heterocycles. The van der Waals surface area contributed by atoms with Gasteiger partial charge in [-0.2, -0.15) is 0 Å². The van der Waals surface area contributed by atoms with Crippen molar-refractivity contribution in [3.8, 4) is 0 Å². The first-order valence-corrected chi connectivity index (χ1v) is 5.53. The number of allylic oxidation sites excluding steroid dienone is 1. The van der Waals surface area contributed by atoms with Crippen LogP contribution in [-0.4, -0.2) is 12.1 Å². The molecule has 16 heavy (non-hydrogen) atoms. The summed E-state index contributed by atoms with van der Waals surface area (Å²) in [5.74, 6) is -0.0568. The Labute approximate surface area is 96.9 Å². The highest BCUT2D eigenvalue weighted by molar-refractivity contribution is 5.82. The van der Waals surface area contributed by atoms with E-state index in [2.05, 4.69) is 6.92 Å². The quantitative estimate of drug-likeness (QED) is 0.572. The van der Waals surface area contributed by atoms with Gasteiger partial charge in [-0.3, -0.25) is 0 Å². The van der Waals surface area contributed by atoms with Crippen molar-refractivity contribution < 1.29 is 9.53 Å². The summed E-state index contributed by atoms with van der Waals surface area (Å²) in [6, 6.07) is 10.1. The molecule has 0 amide bonds. The molecule has 0 spiro atoms. The van der Waals surface area contributed by atoms with Gasteiger partial charge < -0.3 is 4.74 Å². The summed E-state index contributed by atoms with van der Waals surface area (Å²) in [4.78, 5) is 11.3. The van der Waals surface area contributed by atoms with Gasteiger partial charge in [0.05, 0.1) is 6.10 Å². The van der Waals surface area contributed by atoms with Crippen LogP contribution < -0.4 is 0 Å². The number of hydrogen-bond donors (Lipinski definition) is 0. The first kappa shape index (κ1) is 12.5. The van der Waals surface area contributed by atoms with Crippen molar-refractivity contribution >= 4 is 5.97 Å². The molecule has 0 aliphatic carbocycles. The molecule has 1 atom stereocenters. The molecule has 0 radical (unpaired) electrons. The fourth-order valence-electron chi connectivity index (χ4n) is 1.36. The minimum Gasteiger partial charge on any atom is -0.460 e. The normalized spacial score (nSPS) is 13.0. The minimum absolute atomic E-state index is 0.0656. The molecule has 1 unspecified atom stereocenters. The Morgan fingerprint density at radius 1 is 1.19 bits per heavy atom. The topological polar surface area (TPSA) is 26.3 Å². The maximum atomic E-state index is 11.3. The van der Waals surface area contributed by atoms with Crippen LogP contribution in [0.1, 0.15) is 32.3 Å². The molecule has 0 aliphatic rings. The number of rotatable bonds is 4. The highest BCUT2D eigenvalue weighted by atomic mass is 16.5. The molecule has 1 rings (SSSR count). The van der Waals surface area contributed by atoms with Crippen LogP contribution in [0.5, 0.6) is 0 Å². The first-order valence-electron chi connectivity index (χ1n) is 5.53. The Kier molecular flexibility index (Phi) is 4.77. The Morgan fingerprint density at radius 2 is 1.81 bits per heavy atom. The second kappa shape index (κ2) is 6.11. The molecule has 2 heteroatoms. The van der Waals surface area contributed by atoms with Crippen LogP contribution in [0.25, 0.3) is 0 Å². The summed E-state index contributed by atoms with van der Waals surface area (Å²) in [7, 11) is 0. The van der Waals surface area contributed by atoms with E-state index in [1.165, 1.54) is 11.6 Å². The van der Waals surface area contributed by atoms with Gasteiger partial charge in [0.15, 0.2) is 0 Å². The third-order valence-corrected chi connectivity index (χ3v) is 2.20. The lowest BCUT2D eigenvalue weighted by molar-refractivity contribution is -0.141. The van der Waals surface area contributed by atoms with Gasteiger partial charge in [-0.25, -0.2) is 4.79 Å². The Balaban J connectivity index is 2.54. The third-order valence-electron chi connectivity index (χ3n) is 2.20. The lowest BCUT2D eigenvalue weighted by atomic mass is 10.0. The minimum atomic E-state index is -0.280. The van der Waals surface area contributed by atoms with Crippen LogP contribution in [0.2, 0.25) is 0 Å². The zero-order valence-electron chi connectivity index (χ0n) is 10.0. The van der Waals surface area contributed by atoms with E-state index in [0.717, 1.165) is 0 Å². The zero-order chi connectivity index (χ0) is 12.0. The number of hydrogen-bond acceptors (Lipinski definition) is 2. The van der Waals surface area contributed by atoms with Crippen molar-refractivity contribution in [2.75, 3.05) is 0 Å². The first-order chi connectivity index (χ1) is 7.59. The van der Waals surface area contributed by atoms with Gasteiger partial charge in [-0.1, -0.05) is 43.3 Å². The van der Waals surface area contributed by atoms with E-state index in [1.807, 2.05) is 50.3 Å². The summed E-state index contributed by atoms with van der Waals surface area (Å²) in [5.41, 5.74) is 1.19. The van der Waals surface area contributed by atoms with Gasteiger partial charge in [0.1, 0.15) is 0 Å². The molecule has 0 N–H and O–H groups in total. The molecule has 0 saturated heterocycles. The van der Waals surface area contributed by atoms with E-state index in [-0.39, 0.29) is 18.0 Å². The second-order valence-corrected chi connectivity index (χ2v) is 4.04. The number of carbonyl (C=O) groups is 1. The van der Waals surface area contributed by atoms with Crippen LogP contribution in [0.4, 0.5) is 0 Å². The highest BCUT2D eigenvalue weighted by Gasteiger charge is 2.03. The summed E-state index contributed by atoms with van der Waals surface area (Å²) < 4.78 is 5.01. The fraction of sp³-hybridized carbons (Fsp3) is 0.357. The van der Waals surface area contributed by atoms with Crippen LogP contribution in [0, 0.1) is 0 Å². The molecular formula is C14H18O2. The predicted octanol–water partition coefficient (Wildman–Crippen LogP) is 3.30. The van der Waals surface area contributed by atoms with E-state index >= 15 is 0 Å². The highest BCUT2D eigenvalue weighted by Crippen LogP contribution is 2.15. The molecule has 86 valence electrons. The van der Waals surface area contributed by atoms with Gasteiger partial charge in [-0.15, -0.1) is 0 Å². The maximum absolute atomic E-state index is 11.3. The maximum Gasteiger partial charge on any atom is 0.330 e. The second-order valence-electron chi connectivity index (χ2n) is 4.04. The van der Waals surface area contributed by atoms with E-state index in [4.69, 9.17) is 4.74 Å². The largest absolute Gasteiger partial charge is 0.460 e. The van der Waals surface area contributed by atoms with Crippen LogP contribution in [0.15, 0.2) is 42.5 Å². The Hall–Kier alpha value is -1.57. The van der Waals surface area contributed by atoms with E-state index in [9.17, 15) is 4.79 Å². The summed E-state index contributed by atoms with van der Waals surface area (Å²) in [5, 5.41) is 0. The lowest BCUT2D eigenvalue weighted by Crippen LogP contribution is -2.08. The molecule has 1 aromatic carbocycles. The molecule has 1 aromatic rings. The summed E-state index contributed by atoms with van der Waals surface area (Å²) in [6.45, 7) is 5.73. The van der Waals surface area contributed by atoms with Crippen molar-refractivity contribution in [1.29, 1.82) is 0 Å². The third kappa shape index (κ3) is 4.30. The van der Waals surface area contributed by atoms with Crippen LogP contribution in [0.3, 0.4) is 0 Å². The van der Waals surface area contributed by atoms with Gasteiger partial charge in [0.2, 0.25) is 0 Å². The molecule has 0 aromatic heterocycles. The molecule has 0 aliphatic heterocycles. The fourth-order valence-corrected chi connectivity index (χ4v) is 1.36. The monoisotopic (exact) mass is 218 g/mol. The van der Waals surface area contributed by atoms with Gasteiger partial charge in [0, 0.05) is 6.08 Å². The average Bonchev–Trinajstić information content (AvgIpc) is 2.26. The molecule has 2 nitrogen and oxygen atoms in total.